The van der Waals surface area contributed by atoms with Gasteiger partial charge in [0.25, 0.3) is 0 Å². The van der Waals surface area contributed by atoms with Crippen LogP contribution in [0.2, 0.25) is 0 Å². The van der Waals surface area contributed by atoms with Crippen LogP contribution in [0.3, 0.4) is 0 Å². The molecule has 0 saturated heterocycles. The molecule has 3 rings (SSSR count). The van der Waals surface area contributed by atoms with E-state index in [0.717, 1.165) is 20.5 Å². The molecule has 3 aromatic heterocycles. The van der Waals surface area contributed by atoms with Gasteiger partial charge in [0, 0.05) is 11.6 Å². The molecule has 0 amide bonds. The summed E-state index contributed by atoms with van der Waals surface area (Å²) in [4.78, 5) is 17.0. The zero-order chi connectivity index (χ0) is 16.4. The molecule has 10 heteroatoms. The lowest BCUT2D eigenvalue weighted by atomic mass is 10.3. The van der Waals surface area contributed by atoms with E-state index >= 15 is 0 Å². The number of aromatic nitrogens is 4. The summed E-state index contributed by atoms with van der Waals surface area (Å²) in [6.45, 7) is 0. The molecule has 7 nitrogen and oxygen atoms in total. The van der Waals surface area contributed by atoms with Crippen molar-refractivity contribution in [1.29, 1.82) is 0 Å². The highest BCUT2D eigenvalue weighted by molar-refractivity contribution is 9.10. The fourth-order valence-corrected chi connectivity index (χ4v) is 3.36. The number of ether oxygens (including phenoxy) is 2. The summed E-state index contributed by atoms with van der Waals surface area (Å²) in [7, 11) is 3.07. The van der Waals surface area contributed by atoms with E-state index in [1.165, 1.54) is 26.2 Å². The zero-order valence-corrected chi connectivity index (χ0v) is 16.0. The number of hydrogen-bond donors (Lipinski definition) is 2. The quantitative estimate of drug-likeness (QED) is 0.439. The van der Waals surface area contributed by atoms with Crippen molar-refractivity contribution < 1.29 is 9.47 Å². The second-order valence-electron chi connectivity index (χ2n) is 4.27. The third-order valence-corrected chi connectivity index (χ3v) is 4.86. The van der Waals surface area contributed by atoms with E-state index < -0.39 is 0 Å². The molecule has 0 fully saturated rings. The minimum absolute atomic E-state index is 0.381. The monoisotopic (exact) mass is 459 g/mol. The number of nitrogens with zero attached hydrogens (tertiary/aromatic N) is 3. The van der Waals surface area contributed by atoms with E-state index in [4.69, 9.17) is 9.47 Å². The third-order valence-electron chi connectivity index (χ3n) is 2.90. The maximum absolute atomic E-state index is 5.20. The number of halogens is 2. The molecule has 0 atom stereocenters. The Balaban J connectivity index is 1.84. The average molecular weight is 461 g/mol. The molecular weight excluding hydrogens is 450 g/mol. The van der Waals surface area contributed by atoms with Crippen molar-refractivity contribution >= 4 is 60.8 Å². The van der Waals surface area contributed by atoms with Gasteiger partial charge in [-0.1, -0.05) is 0 Å². The molecule has 3 heterocycles. The summed E-state index contributed by atoms with van der Waals surface area (Å²) in [6.07, 6.45) is 1.87. The first-order valence-corrected chi connectivity index (χ1v) is 8.74. The van der Waals surface area contributed by atoms with E-state index in [1.54, 1.807) is 0 Å². The molecule has 0 aliphatic carbocycles. The molecule has 0 radical (unpaired) electrons. The number of nitrogens with one attached hydrogen (secondary N) is 2. The van der Waals surface area contributed by atoms with Crippen molar-refractivity contribution in [3.8, 4) is 11.8 Å². The van der Waals surface area contributed by atoms with Gasteiger partial charge in [-0.2, -0.15) is 9.97 Å². The fraction of sp³-hybridized carbons (Fsp3) is 0.154. The highest BCUT2D eigenvalue weighted by atomic mass is 79.9. The maximum atomic E-state index is 5.20. The Hall–Kier alpha value is -1.52. The van der Waals surface area contributed by atoms with Gasteiger partial charge in [0.15, 0.2) is 0 Å². The number of pyridine rings is 1. The van der Waals surface area contributed by atoms with Crippen LogP contribution in [0.5, 0.6) is 11.8 Å². The van der Waals surface area contributed by atoms with Crippen molar-refractivity contribution in [3.05, 3.63) is 27.4 Å². The Morgan fingerprint density at radius 3 is 2.43 bits per heavy atom. The summed E-state index contributed by atoms with van der Waals surface area (Å²) in [5, 5.41) is 1.00. The van der Waals surface area contributed by atoms with Gasteiger partial charge in [0.05, 0.1) is 19.1 Å². The lowest BCUT2D eigenvalue weighted by Gasteiger charge is -2.09. The number of aromatic amines is 1. The van der Waals surface area contributed by atoms with E-state index in [1.807, 2.05) is 18.3 Å². The van der Waals surface area contributed by atoms with Crippen LogP contribution in [-0.4, -0.2) is 34.2 Å². The number of fused-ring (bicyclic) bond motifs is 1. The summed E-state index contributed by atoms with van der Waals surface area (Å²) >= 11 is 8.06. The number of H-pyrrole nitrogens is 1. The number of methoxy groups -OCH3 is 2. The summed E-state index contributed by atoms with van der Waals surface area (Å²) in [5.41, 5.74) is 0.801. The van der Waals surface area contributed by atoms with Crippen LogP contribution >= 0.6 is 43.8 Å². The third kappa shape index (κ3) is 3.38. The highest BCUT2D eigenvalue weighted by Crippen LogP contribution is 2.34. The Labute approximate surface area is 153 Å². The highest BCUT2D eigenvalue weighted by Gasteiger charge is 2.14. The molecule has 0 unspecified atom stereocenters. The Bertz CT molecular complexity index is 832. The van der Waals surface area contributed by atoms with E-state index in [2.05, 4.69) is 56.5 Å². The maximum Gasteiger partial charge on any atom is 0.239 e. The van der Waals surface area contributed by atoms with E-state index in [0.29, 0.717) is 22.2 Å². The SMILES string of the molecule is COc1nc(NSc2c[nH]c3nc(Br)ccc23)nc(OC)c1Br. The van der Waals surface area contributed by atoms with Crippen molar-refractivity contribution in [1.82, 2.24) is 19.9 Å². The van der Waals surface area contributed by atoms with E-state index in [-0.39, 0.29) is 0 Å². The first kappa shape index (κ1) is 16.3. The van der Waals surface area contributed by atoms with Gasteiger partial charge in [-0.3, -0.25) is 4.72 Å². The second-order valence-corrected chi connectivity index (χ2v) is 6.72. The standard InChI is InChI=1S/C13H11Br2N5O2S/c1-21-11-9(15)12(22-2)19-13(18-11)20-23-7-5-16-10-6(7)3-4-8(14)17-10/h3-5H,1-2H3,(H,16,17)(H,18,19,20). The molecule has 0 spiro atoms. The topological polar surface area (TPSA) is 85.0 Å². The molecule has 3 aromatic rings. The Kier molecular flexibility index (Phi) is 4.93. The van der Waals surface area contributed by atoms with Crippen LogP contribution in [0.4, 0.5) is 5.95 Å². The average Bonchev–Trinajstić information content (AvgIpc) is 2.95. The van der Waals surface area contributed by atoms with Crippen LogP contribution in [-0.2, 0) is 0 Å². The van der Waals surface area contributed by atoms with Gasteiger partial charge in [-0.15, -0.1) is 0 Å². The molecule has 2 N–H and O–H groups in total. The smallest absolute Gasteiger partial charge is 0.239 e. The fourth-order valence-electron chi connectivity index (χ4n) is 1.86. The first-order chi connectivity index (χ1) is 11.1. The Morgan fingerprint density at radius 1 is 1.09 bits per heavy atom. The van der Waals surface area contributed by atoms with Crippen molar-refractivity contribution in [2.75, 3.05) is 18.9 Å². The van der Waals surface area contributed by atoms with Crippen LogP contribution in [0.15, 0.2) is 32.3 Å². The van der Waals surface area contributed by atoms with Gasteiger partial charge in [0.2, 0.25) is 17.7 Å². The number of rotatable bonds is 5. The van der Waals surface area contributed by atoms with Gasteiger partial charge in [-0.05, 0) is 55.9 Å². The lowest BCUT2D eigenvalue weighted by Crippen LogP contribution is -2.01. The van der Waals surface area contributed by atoms with Gasteiger partial charge < -0.3 is 14.5 Å². The first-order valence-electron chi connectivity index (χ1n) is 6.34. The predicted octanol–water partition coefficient (Wildman–Crippen LogP) is 4.01. The van der Waals surface area contributed by atoms with Gasteiger partial charge in [-0.25, -0.2) is 4.98 Å². The molecule has 0 saturated carbocycles. The van der Waals surface area contributed by atoms with E-state index in [9.17, 15) is 0 Å². The minimum Gasteiger partial charge on any atom is -0.480 e. The van der Waals surface area contributed by atoms with Crippen molar-refractivity contribution in [3.63, 3.8) is 0 Å². The number of anilines is 1. The van der Waals surface area contributed by atoms with Gasteiger partial charge in [0.1, 0.15) is 14.7 Å². The van der Waals surface area contributed by atoms with Crippen LogP contribution in [0, 0.1) is 0 Å². The van der Waals surface area contributed by atoms with Crippen molar-refractivity contribution in [2.24, 2.45) is 0 Å². The second kappa shape index (κ2) is 6.93. The summed E-state index contributed by atoms with van der Waals surface area (Å²) in [5.74, 6) is 1.17. The molecule has 120 valence electrons. The predicted molar refractivity (Wildman–Crippen MR) is 96.1 cm³/mol. The Morgan fingerprint density at radius 2 is 1.78 bits per heavy atom. The molecule has 0 aromatic carbocycles. The van der Waals surface area contributed by atoms with Gasteiger partial charge >= 0.3 is 0 Å². The minimum atomic E-state index is 0.381. The number of hydrogen-bond acceptors (Lipinski definition) is 7. The zero-order valence-electron chi connectivity index (χ0n) is 12.1. The molecular formula is C13H11Br2N5O2S. The van der Waals surface area contributed by atoms with Crippen LogP contribution < -0.4 is 14.2 Å². The normalized spacial score (nSPS) is 10.8. The summed E-state index contributed by atoms with van der Waals surface area (Å²) < 4.78 is 14.8. The molecule has 0 aliphatic heterocycles. The molecule has 0 aliphatic rings. The molecule has 23 heavy (non-hydrogen) atoms. The largest absolute Gasteiger partial charge is 0.480 e. The molecule has 0 bridgehead atoms. The van der Waals surface area contributed by atoms with Crippen LogP contribution in [0.25, 0.3) is 11.0 Å². The van der Waals surface area contributed by atoms with Crippen molar-refractivity contribution in [2.45, 2.75) is 4.90 Å². The summed E-state index contributed by atoms with van der Waals surface area (Å²) in [6, 6.07) is 3.87. The van der Waals surface area contributed by atoms with Crippen LogP contribution in [0.1, 0.15) is 0 Å². The lowest BCUT2D eigenvalue weighted by molar-refractivity contribution is 0.368.